The van der Waals surface area contributed by atoms with Gasteiger partial charge in [-0.3, -0.25) is 4.79 Å². The normalized spacial score (nSPS) is 14.5. The first-order chi connectivity index (χ1) is 20.8. The van der Waals surface area contributed by atoms with Gasteiger partial charge >= 0.3 is 0 Å². The molecule has 0 spiro atoms. The quantitative estimate of drug-likeness (QED) is 0.256. The third-order valence-corrected chi connectivity index (χ3v) is 9.71. The minimum Gasteiger partial charge on any atom is -0.338 e. The Labute approximate surface area is 251 Å². The zero-order chi connectivity index (χ0) is 30.0. The molecule has 5 aromatic rings. The summed E-state index contributed by atoms with van der Waals surface area (Å²) in [6.45, 7) is 4.15. The van der Waals surface area contributed by atoms with E-state index in [2.05, 4.69) is 25.7 Å². The van der Waals surface area contributed by atoms with Crippen molar-refractivity contribution in [1.82, 2.24) is 19.4 Å². The van der Waals surface area contributed by atoms with E-state index in [9.17, 15) is 13.2 Å². The second kappa shape index (κ2) is 11.9. The Balaban J connectivity index is 1.27. The Bertz CT molecular complexity index is 1890. The van der Waals surface area contributed by atoms with E-state index < -0.39 is 10.0 Å². The van der Waals surface area contributed by atoms with Crippen molar-refractivity contribution in [1.29, 1.82) is 0 Å². The Morgan fingerprint density at radius 1 is 0.767 bits per heavy atom. The van der Waals surface area contributed by atoms with Crippen molar-refractivity contribution < 1.29 is 13.2 Å². The van der Waals surface area contributed by atoms with E-state index in [1.54, 1.807) is 22.5 Å². The molecule has 2 heterocycles. The summed E-state index contributed by atoms with van der Waals surface area (Å²) < 4.78 is 28.8. The molecule has 9 nitrogen and oxygen atoms in total. The van der Waals surface area contributed by atoms with Crippen molar-refractivity contribution in [2.75, 3.05) is 43.9 Å². The van der Waals surface area contributed by atoms with Gasteiger partial charge in [-0.1, -0.05) is 54.6 Å². The van der Waals surface area contributed by atoms with Gasteiger partial charge in [0, 0.05) is 59.5 Å². The van der Waals surface area contributed by atoms with Crippen molar-refractivity contribution in [3.05, 3.63) is 108 Å². The van der Waals surface area contributed by atoms with Crippen molar-refractivity contribution in [3.63, 3.8) is 0 Å². The average molecular weight is 593 g/mol. The number of hydrogen-bond donors (Lipinski definition) is 2. The third kappa shape index (κ3) is 5.98. The Hall–Kier alpha value is -4.64. The number of carbonyl (C=O) groups excluding carboxylic acids is 1. The fourth-order valence-electron chi connectivity index (χ4n) is 5.17. The number of likely N-dealkylation sites (N-methyl/N-ethyl adjacent to an activating group) is 1. The number of hydrogen-bond acceptors (Lipinski definition) is 7. The highest BCUT2D eigenvalue weighted by atomic mass is 32.2. The highest BCUT2D eigenvalue weighted by molar-refractivity contribution is 7.89. The van der Waals surface area contributed by atoms with Gasteiger partial charge in [0.05, 0.1) is 4.90 Å². The highest BCUT2D eigenvalue weighted by Gasteiger charge is 2.29. The number of rotatable bonds is 7. The van der Waals surface area contributed by atoms with Crippen LogP contribution in [0.5, 0.6) is 0 Å². The highest BCUT2D eigenvalue weighted by Crippen LogP contribution is 2.33. The first kappa shape index (κ1) is 28.5. The predicted molar refractivity (Wildman–Crippen MR) is 170 cm³/mol. The van der Waals surface area contributed by atoms with Crippen LogP contribution in [-0.2, 0) is 10.0 Å². The number of anilines is 3. The number of benzene rings is 4. The van der Waals surface area contributed by atoms with Crippen LogP contribution in [-0.4, -0.2) is 67.0 Å². The van der Waals surface area contributed by atoms with Crippen LogP contribution in [0.2, 0.25) is 0 Å². The summed E-state index contributed by atoms with van der Waals surface area (Å²) in [6, 6.07) is 29.6. The van der Waals surface area contributed by atoms with Crippen LogP contribution in [0.15, 0.2) is 102 Å². The van der Waals surface area contributed by atoms with Crippen molar-refractivity contribution >= 4 is 43.9 Å². The van der Waals surface area contributed by atoms with Crippen LogP contribution >= 0.6 is 0 Å². The second-order valence-electron chi connectivity index (χ2n) is 10.7. The van der Waals surface area contributed by atoms with E-state index in [0.717, 1.165) is 22.1 Å². The van der Waals surface area contributed by atoms with E-state index in [0.29, 0.717) is 59.3 Å². The molecule has 4 aromatic carbocycles. The molecule has 2 N–H and O–H groups in total. The lowest BCUT2D eigenvalue weighted by molar-refractivity contribution is 0.102. The van der Waals surface area contributed by atoms with Crippen LogP contribution in [0.1, 0.15) is 15.9 Å². The molecule has 1 aliphatic heterocycles. The van der Waals surface area contributed by atoms with Crippen LogP contribution in [0.3, 0.4) is 0 Å². The lowest BCUT2D eigenvalue weighted by Crippen LogP contribution is -2.47. The van der Waals surface area contributed by atoms with E-state index in [1.807, 2.05) is 92.8 Å². The Morgan fingerprint density at radius 2 is 1.44 bits per heavy atom. The molecule has 0 bridgehead atoms. The molecule has 10 heteroatoms. The molecule has 0 atom stereocenters. The van der Waals surface area contributed by atoms with E-state index >= 15 is 0 Å². The fourth-order valence-corrected chi connectivity index (χ4v) is 6.84. The number of piperazine rings is 1. The number of aromatic nitrogens is 2. The molecule has 1 aromatic heterocycles. The number of sulfonamides is 1. The predicted octanol–water partition coefficient (Wildman–Crippen LogP) is 5.54. The maximum absolute atomic E-state index is 13.6. The Kier molecular flexibility index (Phi) is 7.90. The maximum atomic E-state index is 13.6. The third-order valence-electron chi connectivity index (χ3n) is 7.67. The molecule has 218 valence electrons. The smallest absolute Gasteiger partial charge is 0.255 e. The number of amides is 1. The SMILES string of the molecule is Cc1ccc(-c2nnc(Nc3ccc(C(=O)Nc4ccccc4)cc3)c3ccccc23)cc1S(=O)(=O)N1CCN(C)CC1. The number of nitrogens with zero attached hydrogens (tertiary/aromatic N) is 4. The number of fused-ring (bicyclic) bond motifs is 1. The molecule has 1 aliphatic rings. The molecule has 6 rings (SSSR count). The van der Waals surface area contributed by atoms with Gasteiger partial charge in [0.1, 0.15) is 5.69 Å². The molecule has 0 aliphatic carbocycles. The molecule has 0 radical (unpaired) electrons. The summed E-state index contributed by atoms with van der Waals surface area (Å²) in [5.74, 6) is 0.359. The van der Waals surface area contributed by atoms with Crippen LogP contribution in [0.4, 0.5) is 17.2 Å². The summed E-state index contributed by atoms with van der Waals surface area (Å²) in [6.07, 6.45) is 0. The number of nitrogens with one attached hydrogen (secondary N) is 2. The van der Waals surface area contributed by atoms with Gasteiger partial charge in [0.25, 0.3) is 5.91 Å². The largest absolute Gasteiger partial charge is 0.338 e. The molecular formula is C33H32N6O3S. The lowest BCUT2D eigenvalue weighted by Gasteiger charge is -2.32. The lowest BCUT2D eigenvalue weighted by atomic mass is 10.0. The minimum atomic E-state index is -3.66. The zero-order valence-corrected chi connectivity index (χ0v) is 24.8. The Morgan fingerprint density at radius 3 is 2.16 bits per heavy atom. The zero-order valence-electron chi connectivity index (χ0n) is 24.0. The van der Waals surface area contributed by atoms with Gasteiger partial charge in [-0.15, -0.1) is 10.2 Å². The first-order valence-electron chi connectivity index (χ1n) is 14.1. The second-order valence-corrected chi connectivity index (χ2v) is 12.6. The molecule has 0 saturated carbocycles. The molecule has 1 fully saturated rings. The number of para-hydroxylation sites is 1. The van der Waals surface area contributed by atoms with Gasteiger partial charge in [0.15, 0.2) is 5.82 Å². The maximum Gasteiger partial charge on any atom is 0.255 e. The molecule has 1 saturated heterocycles. The molecule has 43 heavy (non-hydrogen) atoms. The molecule has 1 amide bonds. The summed E-state index contributed by atoms with van der Waals surface area (Å²) in [7, 11) is -1.66. The van der Waals surface area contributed by atoms with Gasteiger partial charge in [-0.2, -0.15) is 4.31 Å². The van der Waals surface area contributed by atoms with Gasteiger partial charge in [-0.05, 0) is 62.0 Å². The summed E-state index contributed by atoms with van der Waals surface area (Å²) >= 11 is 0. The standard InChI is InChI=1S/C33H32N6O3S/c1-23-12-13-25(22-30(23)43(41,42)39-20-18-38(2)19-21-39)31-28-10-6-7-11-29(28)32(37-36-31)34-27-16-14-24(15-17-27)33(40)35-26-8-4-3-5-9-26/h3-17,22H,18-21H2,1-2H3,(H,34,37)(H,35,40). The first-order valence-corrected chi connectivity index (χ1v) is 15.5. The monoisotopic (exact) mass is 592 g/mol. The van der Waals surface area contributed by atoms with E-state index in [4.69, 9.17) is 0 Å². The van der Waals surface area contributed by atoms with Crippen LogP contribution in [0.25, 0.3) is 22.0 Å². The van der Waals surface area contributed by atoms with Crippen molar-refractivity contribution in [2.45, 2.75) is 11.8 Å². The van der Waals surface area contributed by atoms with Gasteiger partial charge in [0.2, 0.25) is 10.0 Å². The number of aryl methyl sites for hydroxylation is 1. The van der Waals surface area contributed by atoms with E-state index in [1.165, 1.54) is 0 Å². The van der Waals surface area contributed by atoms with Gasteiger partial charge < -0.3 is 15.5 Å². The van der Waals surface area contributed by atoms with Gasteiger partial charge in [-0.25, -0.2) is 8.42 Å². The van der Waals surface area contributed by atoms with Crippen molar-refractivity contribution in [3.8, 4) is 11.3 Å². The van der Waals surface area contributed by atoms with Crippen molar-refractivity contribution in [2.24, 2.45) is 0 Å². The van der Waals surface area contributed by atoms with Crippen LogP contribution in [0, 0.1) is 6.92 Å². The summed E-state index contributed by atoms with van der Waals surface area (Å²) in [5, 5.41) is 16.9. The molecule has 0 unspecified atom stereocenters. The average Bonchev–Trinajstić information content (AvgIpc) is 3.02. The molecular weight excluding hydrogens is 560 g/mol. The number of carbonyl (C=O) groups is 1. The minimum absolute atomic E-state index is 0.195. The fraction of sp³-hybridized carbons (Fsp3) is 0.182. The summed E-state index contributed by atoms with van der Waals surface area (Å²) in [5.41, 5.74) is 3.99. The summed E-state index contributed by atoms with van der Waals surface area (Å²) in [4.78, 5) is 15.1. The van der Waals surface area contributed by atoms with E-state index in [-0.39, 0.29) is 5.91 Å². The van der Waals surface area contributed by atoms with Crippen LogP contribution < -0.4 is 10.6 Å². The topological polar surface area (TPSA) is 108 Å².